The summed E-state index contributed by atoms with van der Waals surface area (Å²) in [6, 6.07) is 9.53. The minimum Gasteiger partial charge on any atom is -0.345 e. The van der Waals surface area contributed by atoms with Crippen molar-refractivity contribution in [2.45, 2.75) is 18.9 Å². The number of aromatic nitrogens is 1. The van der Waals surface area contributed by atoms with Gasteiger partial charge in [-0.15, -0.1) is 11.3 Å². The van der Waals surface area contributed by atoms with Crippen LogP contribution in [0.5, 0.6) is 0 Å². The van der Waals surface area contributed by atoms with Crippen molar-refractivity contribution in [3.63, 3.8) is 0 Å². The van der Waals surface area contributed by atoms with Gasteiger partial charge in [0.2, 0.25) is 0 Å². The molecule has 23 heavy (non-hydrogen) atoms. The summed E-state index contributed by atoms with van der Waals surface area (Å²) in [5.74, 6) is -2.23. The molecule has 1 aliphatic carbocycles. The molecule has 1 saturated carbocycles. The van der Waals surface area contributed by atoms with Gasteiger partial charge in [-0.1, -0.05) is 30.3 Å². The van der Waals surface area contributed by atoms with Gasteiger partial charge in [0.25, 0.3) is 5.91 Å². The first-order chi connectivity index (χ1) is 11.1. The third-order valence-corrected chi connectivity index (χ3v) is 4.06. The number of hydrogen-bond acceptors (Lipinski definition) is 5. The van der Waals surface area contributed by atoms with Crippen LogP contribution in [-0.2, 0) is 9.59 Å². The Balaban J connectivity index is 1.55. The molecule has 3 N–H and O–H groups in total. The summed E-state index contributed by atoms with van der Waals surface area (Å²) in [5.41, 5.74) is 5.34. The summed E-state index contributed by atoms with van der Waals surface area (Å²) in [6.07, 6.45) is 1.76. The molecular weight excluding hydrogens is 316 g/mol. The molecule has 8 heteroatoms. The van der Waals surface area contributed by atoms with Crippen molar-refractivity contribution in [1.29, 1.82) is 0 Å². The maximum atomic E-state index is 11.9. The van der Waals surface area contributed by atoms with E-state index in [1.54, 1.807) is 5.38 Å². The lowest BCUT2D eigenvalue weighted by Crippen LogP contribution is -2.49. The van der Waals surface area contributed by atoms with Crippen molar-refractivity contribution >= 4 is 29.1 Å². The molecule has 0 unspecified atom stereocenters. The van der Waals surface area contributed by atoms with Crippen LogP contribution in [-0.4, -0.2) is 28.7 Å². The molecule has 0 atom stereocenters. The zero-order valence-corrected chi connectivity index (χ0v) is 12.9. The molecule has 7 nitrogen and oxygen atoms in total. The molecule has 1 aliphatic rings. The second kappa shape index (κ2) is 6.57. The van der Waals surface area contributed by atoms with Crippen LogP contribution in [0.25, 0.3) is 10.6 Å². The van der Waals surface area contributed by atoms with Crippen molar-refractivity contribution in [1.82, 2.24) is 21.2 Å². The van der Waals surface area contributed by atoms with E-state index in [2.05, 4.69) is 21.2 Å². The lowest BCUT2D eigenvalue weighted by molar-refractivity contribution is -0.139. The predicted octanol–water partition coefficient (Wildman–Crippen LogP) is 0.850. The summed E-state index contributed by atoms with van der Waals surface area (Å²) in [4.78, 5) is 39.1. The van der Waals surface area contributed by atoms with Gasteiger partial charge in [-0.25, -0.2) is 4.98 Å². The number of rotatable bonds is 3. The smallest absolute Gasteiger partial charge is 0.327 e. The molecule has 0 bridgehead atoms. The molecule has 0 radical (unpaired) electrons. The molecule has 1 aromatic carbocycles. The van der Waals surface area contributed by atoms with E-state index in [1.807, 2.05) is 30.3 Å². The molecule has 1 heterocycles. The zero-order chi connectivity index (χ0) is 16.2. The van der Waals surface area contributed by atoms with Crippen LogP contribution in [0, 0.1) is 0 Å². The Hall–Kier alpha value is -2.74. The Bertz CT molecular complexity index is 740. The van der Waals surface area contributed by atoms with Crippen molar-refractivity contribution in [3.8, 4) is 10.6 Å². The van der Waals surface area contributed by atoms with Gasteiger partial charge in [0.15, 0.2) is 0 Å². The lowest BCUT2D eigenvalue weighted by Gasteiger charge is -2.05. The minimum atomic E-state index is -0.899. The molecule has 2 aromatic rings. The average molecular weight is 330 g/mol. The fraction of sp³-hybridized carbons (Fsp3) is 0.200. The van der Waals surface area contributed by atoms with Crippen molar-refractivity contribution in [3.05, 3.63) is 41.4 Å². The van der Waals surface area contributed by atoms with Gasteiger partial charge in [0, 0.05) is 17.0 Å². The van der Waals surface area contributed by atoms with E-state index in [-0.39, 0.29) is 11.7 Å². The van der Waals surface area contributed by atoms with Gasteiger partial charge in [0.1, 0.15) is 10.7 Å². The van der Waals surface area contributed by atoms with Crippen LogP contribution in [0.4, 0.5) is 0 Å². The molecular formula is C15H14N4O3S. The second-order valence-corrected chi connectivity index (χ2v) is 5.92. The highest BCUT2D eigenvalue weighted by atomic mass is 32.1. The van der Waals surface area contributed by atoms with Crippen molar-refractivity contribution in [2.75, 3.05) is 0 Å². The van der Waals surface area contributed by atoms with Crippen LogP contribution in [0.1, 0.15) is 23.3 Å². The van der Waals surface area contributed by atoms with Crippen LogP contribution in [0.2, 0.25) is 0 Å². The number of carbonyl (C=O) groups excluding carboxylic acids is 3. The van der Waals surface area contributed by atoms with E-state index >= 15 is 0 Å². The Morgan fingerprint density at radius 1 is 1.04 bits per heavy atom. The number of amides is 3. The van der Waals surface area contributed by atoms with Gasteiger partial charge < -0.3 is 5.32 Å². The zero-order valence-electron chi connectivity index (χ0n) is 12.0. The first-order valence-corrected chi connectivity index (χ1v) is 7.93. The number of carbonyl (C=O) groups is 3. The highest BCUT2D eigenvalue weighted by Gasteiger charge is 2.26. The fourth-order valence-electron chi connectivity index (χ4n) is 1.80. The van der Waals surface area contributed by atoms with E-state index in [1.165, 1.54) is 11.3 Å². The normalized spacial score (nSPS) is 13.2. The van der Waals surface area contributed by atoms with Crippen LogP contribution >= 0.6 is 11.3 Å². The molecule has 3 rings (SSSR count). The molecule has 0 saturated heterocycles. The van der Waals surface area contributed by atoms with E-state index in [0.717, 1.165) is 18.4 Å². The SMILES string of the molecule is O=C(NNC(=O)c1csc(-c2ccccc2)n1)C(=O)NC1CC1. The summed E-state index contributed by atoms with van der Waals surface area (Å²) >= 11 is 1.32. The fourth-order valence-corrected chi connectivity index (χ4v) is 2.61. The highest BCUT2D eigenvalue weighted by Crippen LogP contribution is 2.23. The largest absolute Gasteiger partial charge is 0.345 e. The number of hydrazine groups is 1. The van der Waals surface area contributed by atoms with E-state index in [9.17, 15) is 14.4 Å². The maximum Gasteiger partial charge on any atom is 0.327 e. The van der Waals surface area contributed by atoms with Crippen LogP contribution < -0.4 is 16.2 Å². The summed E-state index contributed by atoms with van der Waals surface area (Å²) in [5, 5.41) is 4.82. The Morgan fingerprint density at radius 3 is 2.48 bits per heavy atom. The van der Waals surface area contributed by atoms with E-state index < -0.39 is 17.7 Å². The third-order valence-electron chi connectivity index (χ3n) is 3.17. The Kier molecular flexibility index (Phi) is 4.33. The third kappa shape index (κ3) is 3.92. The molecule has 118 valence electrons. The van der Waals surface area contributed by atoms with Gasteiger partial charge >= 0.3 is 11.8 Å². The summed E-state index contributed by atoms with van der Waals surface area (Å²) in [7, 11) is 0. The molecule has 1 aromatic heterocycles. The predicted molar refractivity (Wildman–Crippen MR) is 84.3 cm³/mol. The molecule has 0 aliphatic heterocycles. The van der Waals surface area contributed by atoms with E-state index in [0.29, 0.717) is 5.01 Å². The quantitative estimate of drug-likeness (QED) is 0.574. The number of nitrogens with one attached hydrogen (secondary N) is 3. The summed E-state index contributed by atoms with van der Waals surface area (Å²) < 4.78 is 0. The Morgan fingerprint density at radius 2 is 1.78 bits per heavy atom. The lowest BCUT2D eigenvalue weighted by atomic mass is 10.2. The second-order valence-electron chi connectivity index (χ2n) is 5.06. The first kappa shape index (κ1) is 15.2. The van der Waals surface area contributed by atoms with Gasteiger partial charge in [-0.3, -0.25) is 25.2 Å². The van der Waals surface area contributed by atoms with Crippen molar-refractivity contribution in [2.24, 2.45) is 0 Å². The minimum absolute atomic E-state index is 0.0796. The average Bonchev–Trinajstić information content (AvgIpc) is 3.25. The van der Waals surface area contributed by atoms with Crippen molar-refractivity contribution < 1.29 is 14.4 Å². The topological polar surface area (TPSA) is 100 Å². The number of thiazole rings is 1. The highest BCUT2D eigenvalue weighted by molar-refractivity contribution is 7.13. The van der Waals surface area contributed by atoms with Gasteiger partial charge in [0.05, 0.1) is 0 Å². The number of benzene rings is 1. The van der Waals surface area contributed by atoms with Gasteiger partial charge in [-0.05, 0) is 12.8 Å². The number of hydrogen-bond donors (Lipinski definition) is 3. The monoisotopic (exact) mass is 330 g/mol. The van der Waals surface area contributed by atoms with Crippen LogP contribution in [0.15, 0.2) is 35.7 Å². The number of nitrogens with zero attached hydrogens (tertiary/aromatic N) is 1. The standard InChI is InChI=1S/C15H14N4O3S/c20-12(18-19-14(22)13(21)16-10-6-7-10)11-8-23-15(17-11)9-4-2-1-3-5-9/h1-5,8,10H,6-7H2,(H,16,21)(H,18,20)(H,19,22). The van der Waals surface area contributed by atoms with Gasteiger partial charge in [-0.2, -0.15) is 0 Å². The molecule has 1 fully saturated rings. The first-order valence-electron chi connectivity index (χ1n) is 7.05. The Labute approximate surface area is 136 Å². The van der Waals surface area contributed by atoms with E-state index in [4.69, 9.17) is 0 Å². The molecule has 0 spiro atoms. The molecule has 3 amide bonds. The maximum absolute atomic E-state index is 11.9. The summed E-state index contributed by atoms with van der Waals surface area (Å²) in [6.45, 7) is 0. The van der Waals surface area contributed by atoms with Crippen LogP contribution in [0.3, 0.4) is 0 Å².